The Morgan fingerprint density at radius 3 is 2.32 bits per heavy atom. The maximum Gasteiger partial charge on any atom is 0.410 e. The van der Waals surface area contributed by atoms with Crippen LogP contribution in [0.2, 0.25) is 0 Å². The SMILES string of the molecule is CC(C)(C)OC(=O)N1CCC[C@@]1(C)/C=C/S(=N)(=O)NC(=O)Nc1c2c(cc3c1CCC3)CCC2. The van der Waals surface area contributed by atoms with Gasteiger partial charge in [-0.3, -0.25) is 4.90 Å². The second-order valence-corrected chi connectivity index (χ2v) is 12.5. The molecule has 34 heavy (non-hydrogen) atoms. The number of nitrogens with one attached hydrogen (secondary N) is 3. The molecule has 0 radical (unpaired) electrons. The van der Waals surface area contributed by atoms with Gasteiger partial charge in [-0.1, -0.05) is 6.07 Å². The van der Waals surface area contributed by atoms with E-state index in [0.29, 0.717) is 13.0 Å². The summed E-state index contributed by atoms with van der Waals surface area (Å²) in [7, 11) is -3.56. The van der Waals surface area contributed by atoms with E-state index in [4.69, 9.17) is 9.52 Å². The number of hydrogen-bond donors (Lipinski definition) is 3. The molecule has 2 atom stereocenters. The molecule has 1 aromatic carbocycles. The molecule has 0 spiro atoms. The fourth-order valence-corrected chi connectivity index (χ4v) is 6.18. The summed E-state index contributed by atoms with van der Waals surface area (Å²) in [4.78, 5) is 27.0. The van der Waals surface area contributed by atoms with E-state index in [1.54, 1.807) is 11.0 Å². The van der Waals surface area contributed by atoms with E-state index in [2.05, 4.69) is 16.1 Å². The lowest BCUT2D eigenvalue weighted by molar-refractivity contribution is 0.0169. The highest BCUT2D eigenvalue weighted by Crippen LogP contribution is 2.38. The van der Waals surface area contributed by atoms with E-state index in [9.17, 15) is 13.8 Å². The Kier molecular flexibility index (Phi) is 6.44. The van der Waals surface area contributed by atoms with Crippen molar-refractivity contribution in [2.45, 2.75) is 90.2 Å². The van der Waals surface area contributed by atoms with Gasteiger partial charge in [0, 0.05) is 17.6 Å². The maximum absolute atomic E-state index is 12.9. The zero-order valence-corrected chi connectivity index (χ0v) is 21.4. The van der Waals surface area contributed by atoms with Crippen LogP contribution in [0.15, 0.2) is 17.6 Å². The molecule has 0 aromatic heterocycles. The van der Waals surface area contributed by atoms with Crippen molar-refractivity contribution in [3.05, 3.63) is 39.8 Å². The van der Waals surface area contributed by atoms with E-state index in [-0.39, 0.29) is 0 Å². The second-order valence-electron chi connectivity index (χ2n) is 10.8. The lowest BCUT2D eigenvalue weighted by atomic mass is 9.99. The van der Waals surface area contributed by atoms with Crippen LogP contribution in [0.3, 0.4) is 0 Å². The molecule has 2 aliphatic carbocycles. The number of aryl methyl sites for hydroxylation is 2. The van der Waals surface area contributed by atoms with Crippen LogP contribution in [0.25, 0.3) is 0 Å². The van der Waals surface area contributed by atoms with Crippen LogP contribution in [-0.4, -0.2) is 38.9 Å². The molecule has 186 valence electrons. The third-order valence-corrected chi connectivity index (χ3v) is 7.88. The number of likely N-dealkylation sites (tertiary alicyclic amines) is 1. The molecule has 3 aliphatic rings. The van der Waals surface area contributed by atoms with E-state index < -0.39 is 33.2 Å². The number of carbonyl (C=O) groups excluding carboxylic acids is 2. The molecule has 1 fully saturated rings. The quantitative estimate of drug-likeness (QED) is 0.550. The molecule has 8 nitrogen and oxygen atoms in total. The molecule has 3 amide bonds. The van der Waals surface area contributed by atoms with Crippen molar-refractivity contribution >= 4 is 27.7 Å². The molecule has 1 saturated heterocycles. The van der Waals surface area contributed by atoms with E-state index >= 15 is 0 Å². The number of amides is 3. The van der Waals surface area contributed by atoms with Gasteiger partial charge in [-0.25, -0.2) is 23.3 Å². The Balaban J connectivity index is 1.46. The molecule has 3 N–H and O–H groups in total. The van der Waals surface area contributed by atoms with Crippen molar-refractivity contribution < 1.29 is 18.5 Å². The van der Waals surface area contributed by atoms with Gasteiger partial charge < -0.3 is 10.1 Å². The summed E-state index contributed by atoms with van der Waals surface area (Å²) < 4.78 is 29.0. The van der Waals surface area contributed by atoms with Gasteiger partial charge in [0.2, 0.25) is 0 Å². The van der Waals surface area contributed by atoms with E-state index in [1.807, 2.05) is 27.7 Å². The number of anilines is 1. The minimum absolute atomic E-state index is 0.439. The van der Waals surface area contributed by atoms with Crippen LogP contribution < -0.4 is 10.0 Å². The zero-order chi connectivity index (χ0) is 24.7. The predicted octanol–water partition coefficient (Wildman–Crippen LogP) is 5.05. The van der Waals surface area contributed by atoms with Crippen molar-refractivity contribution in [3.63, 3.8) is 0 Å². The normalized spacial score (nSPS) is 23.5. The number of urea groups is 1. The van der Waals surface area contributed by atoms with Crippen LogP contribution in [0.4, 0.5) is 15.3 Å². The van der Waals surface area contributed by atoms with Gasteiger partial charge in [-0.2, -0.15) is 0 Å². The number of rotatable bonds is 4. The van der Waals surface area contributed by atoms with E-state index in [0.717, 1.165) is 50.6 Å². The number of nitrogens with zero attached hydrogens (tertiary/aromatic N) is 1. The number of ether oxygens (including phenoxy) is 1. The Hall–Kier alpha value is -2.55. The fourth-order valence-electron chi connectivity index (χ4n) is 5.30. The first kappa shape index (κ1) is 24.6. The predicted molar refractivity (Wildman–Crippen MR) is 133 cm³/mol. The van der Waals surface area contributed by atoms with Gasteiger partial charge in [0.05, 0.1) is 5.54 Å². The molecule has 0 saturated carbocycles. The summed E-state index contributed by atoms with van der Waals surface area (Å²) in [6.07, 6.45) is 8.61. The molecule has 4 rings (SSSR count). The summed E-state index contributed by atoms with van der Waals surface area (Å²) in [6.45, 7) is 7.81. The summed E-state index contributed by atoms with van der Waals surface area (Å²) in [5, 5.41) is 4.12. The average molecular weight is 489 g/mol. The van der Waals surface area contributed by atoms with Gasteiger partial charge >= 0.3 is 12.1 Å². The summed E-state index contributed by atoms with van der Waals surface area (Å²) in [5.74, 6) is 0. The third-order valence-electron chi connectivity index (χ3n) is 6.87. The minimum atomic E-state index is -3.56. The summed E-state index contributed by atoms with van der Waals surface area (Å²) >= 11 is 0. The molecule has 1 aromatic rings. The number of benzene rings is 1. The maximum atomic E-state index is 12.9. The van der Waals surface area contributed by atoms with Gasteiger partial charge in [-0.05, 0) is 107 Å². The highest BCUT2D eigenvalue weighted by Gasteiger charge is 2.40. The van der Waals surface area contributed by atoms with Crippen molar-refractivity contribution in [1.29, 1.82) is 4.78 Å². The topological polar surface area (TPSA) is 112 Å². The van der Waals surface area contributed by atoms with Crippen molar-refractivity contribution in [1.82, 2.24) is 9.62 Å². The summed E-state index contributed by atoms with van der Waals surface area (Å²) in [5.41, 5.74) is 4.43. The molecular formula is C25H36N4O4S. The van der Waals surface area contributed by atoms with Crippen molar-refractivity contribution in [3.8, 4) is 0 Å². The molecule has 1 aliphatic heterocycles. The molecule has 0 bridgehead atoms. The fraction of sp³-hybridized carbons (Fsp3) is 0.600. The highest BCUT2D eigenvalue weighted by atomic mass is 32.2. The van der Waals surface area contributed by atoms with Crippen LogP contribution in [0, 0.1) is 4.78 Å². The summed E-state index contributed by atoms with van der Waals surface area (Å²) in [6, 6.07) is 1.64. The highest BCUT2D eigenvalue weighted by molar-refractivity contribution is 7.93. The van der Waals surface area contributed by atoms with Crippen molar-refractivity contribution in [2.75, 3.05) is 11.9 Å². The van der Waals surface area contributed by atoms with Gasteiger partial charge in [-0.15, -0.1) is 0 Å². The van der Waals surface area contributed by atoms with Crippen LogP contribution in [-0.2, 0) is 40.3 Å². The third kappa shape index (κ3) is 5.24. The molecule has 1 heterocycles. The van der Waals surface area contributed by atoms with E-state index in [1.165, 1.54) is 27.7 Å². The van der Waals surface area contributed by atoms with Crippen LogP contribution in [0.1, 0.15) is 75.6 Å². The van der Waals surface area contributed by atoms with Crippen LogP contribution in [0.5, 0.6) is 0 Å². The first-order chi connectivity index (χ1) is 15.9. The Morgan fingerprint density at radius 1 is 1.12 bits per heavy atom. The second kappa shape index (κ2) is 8.91. The Bertz CT molecular complexity index is 1100. The standard InChI is InChI=1S/C25H36N4O4S/c1-24(2,3)33-23(31)29-14-7-12-25(29,4)13-15-34(26,32)28-22(30)27-21-19-10-5-8-17(19)16-18-9-6-11-20(18)21/h13,15-16H,5-12,14H2,1-4H3,(H3,26,27,28,30,32)/b15-13+/t25-,34?/m0/s1. The Morgan fingerprint density at radius 2 is 1.74 bits per heavy atom. The smallest absolute Gasteiger partial charge is 0.410 e. The monoisotopic (exact) mass is 488 g/mol. The molecule has 9 heteroatoms. The lowest BCUT2D eigenvalue weighted by Crippen LogP contribution is -2.46. The first-order valence-corrected chi connectivity index (χ1v) is 13.7. The number of hydrogen-bond acceptors (Lipinski definition) is 5. The average Bonchev–Trinajstić information content (AvgIpc) is 3.44. The largest absolute Gasteiger partial charge is 0.444 e. The van der Waals surface area contributed by atoms with Crippen LogP contribution >= 0.6 is 0 Å². The van der Waals surface area contributed by atoms with Crippen molar-refractivity contribution in [2.24, 2.45) is 0 Å². The minimum Gasteiger partial charge on any atom is -0.444 e. The Labute approximate surface area is 202 Å². The molecule has 1 unspecified atom stereocenters. The number of carbonyl (C=O) groups is 2. The molecular weight excluding hydrogens is 452 g/mol. The van der Waals surface area contributed by atoms with Gasteiger partial charge in [0.25, 0.3) is 0 Å². The zero-order valence-electron chi connectivity index (χ0n) is 20.6. The number of fused-ring (bicyclic) bond motifs is 2. The first-order valence-electron chi connectivity index (χ1n) is 12.1. The lowest BCUT2D eigenvalue weighted by Gasteiger charge is -2.34. The van der Waals surface area contributed by atoms with Gasteiger partial charge in [0.15, 0.2) is 9.92 Å². The van der Waals surface area contributed by atoms with Gasteiger partial charge in [0.1, 0.15) is 5.60 Å².